The largest absolute Gasteiger partial charge is 0.481 e. The second-order valence-electron chi connectivity index (χ2n) is 5.59. The van der Waals surface area contributed by atoms with Crippen molar-refractivity contribution < 1.29 is 19.8 Å². The van der Waals surface area contributed by atoms with Gasteiger partial charge in [0, 0.05) is 26.4 Å². The van der Waals surface area contributed by atoms with Crippen molar-refractivity contribution in [3.05, 3.63) is 0 Å². The van der Waals surface area contributed by atoms with Gasteiger partial charge in [-0.3, -0.25) is 9.59 Å². The molecule has 1 amide bonds. The minimum atomic E-state index is -0.882. The summed E-state index contributed by atoms with van der Waals surface area (Å²) in [5.41, 5.74) is -0.736. The van der Waals surface area contributed by atoms with Crippen molar-refractivity contribution in [3.63, 3.8) is 0 Å². The lowest BCUT2D eigenvalue weighted by molar-refractivity contribution is -0.139. The van der Waals surface area contributed by atoms with Gasteiger partial charge in [-0.2, -0.15) is 0 Å². The topological polar surface area (TPSA) is 77.8 Å². The van der Waals surface area contributed by atoms with Gasteiger partial charge in [0.25, 0.3) is 0 Å². The Balaban J connectivity index is 2.39. The van der Waals surface area contributed by atoms with Crippen LogP contribution in [0.1, 0.15) is 45.4 Å². The van der Waals surface area contributed by atoms with Gasteiger partial charge in [-0.05, 0) is 18.8 Å². The molecule has 1 atom stereocenters. The number of hydrogen-bond donors (Lipinski definition) is 2. The summed E-state index contributed by atoms with van der Waals surface area (Å²) in [5, 5.41) is 18.8. The summed E-state index contributed by atoms with van der Waals surface area (Å²) in [6.45, 7) is 2.11. The van der Waals surface area contributed by atoms with E-state index in [2.05, 4.69) is 0 Å². The molecule has 0 aromatic rings. The summed E-state index contributed by atoms with van der Waals surface area (Å²) in [6, 6.07) is 0. The highest BCUT2D eigenvalue weighted by atomic mass is 16.4. The van der Waals surface area contributed by atoms with E-state index in [1.54, 1.807) is 14.0 Å². The number of carboxylic acids is 1. The van der Waals surface area contributed by atoms with E-state index in [0.29, 0.717) is 6.54 Å². The highest BCUT2D eigenvalue weighted by Gasteiger charge is 2.33. The molecule has 0 aromatic heterocycles. The summed E-state index contributed by atoms with van der Waals surface area (Å²) < 4.78 is 0. The van der Waals surface area contributed by atoms with Crippen molar-refractivity contribution in [1.29, 1.82) is 0 Å². The van der Waals surface area contributed by atoms with Crippen LogP contribution in [0.2, 0.25) is 0 Å². The lowest BCUT2D eigenvalue weighted by Gasteiger charge is -2.29. The van der Waals surface area contributed by atoms with Crippen LogP contribution in [0, 0.1) is 5.92 Å². The zero-order chi connectivity index (χ0) is 13.8. The fourth-order valence-corrected chi connectivity index (χ4v) is 2.55. The van der Waals surface area contributed by atoms with Crippen molar-refractivity contribution in [2.75, 3.05) is 13.6 Å². The Morgan fingerprint density at radius 2 is 1.83 bits per heavy atom. The Morgan fingerprint density at radius 3 is 2.33 bits per heavy atom. The summed E-state index contributed by atoms with van der Waals surface area (Å²) in [4.78, 5) is 23.9. The SMILES string of the molecule is CC(CC(=O)O)CC(=O)N(C)CC1(O)CCCC1. The van der Waals surface area contributed by atoms with Gasteiger partial charge < -0.3 is 15.1 Å². The quantitative estimate of drug-likeness (QED) is 0.750. The van der Waals surface area contributed by atoms with Crippen molar-refractivity contribution in [2.45, 2.75) is 51.0 Å². The molecule has 5 heteroatoms. The van der Waals surface area contributed by atoms with E-state index >= 15 is 0 Å². The maximum Gasteiger partial charge on any atom is 0.303 e. The zero-order valence-electron chi connectivity index (χ0n) is 11.2. The predicted molar refractivity (Wildman–Crippen MR) is 67.1 cm³/mol. The molecule has 1 rings (SSSR count). The number of likely N-dealkylation sites (N-methyl/N-ethyl adjacent to an activating group) is 1. The normalized spacial score (nSPS) is 19.5. The fraction of sp³-hybridized carbons (Fsp3) is 0.846. The van der Waals surface area contributed by atoms with Crippen LogP contribution < -0.4 is 0 Å². The number of aliphatic hydroxyl groups is 1. The second kappa shape index (κ2) is 6.18. The highest BCUT2D eigenvalue weighted by Crippen LogP contribution is 2.30. The number of nitrogens with zero attached hydrogens (tertiary/aromatic N) is 1. The predicted octanol–water partition coefficient (Wildman–Crippen LogP) is 1.25. The molecule has 104 valence electrons. The lowest BCUT2D eigenvalue weighted by atomic mass is 10.00. The Bertz CT molecular complexity index is 310. The standard InChI is InChI=1S/C13H23NO4/c1-10(8-12(16)17)7-11(15)14(2)9-13(18)5-3-4-6-13/h10,18H,3-9H2,1-2H3,(H,16,17). The maximum atomic E-state index is 11.9. The summed E-state index contributed by atoms with van der Waals surface area (Å²) in [6.07, 6.45) is 3.73. The Hall–Kier alpha value is -1.10. The number of amides is 1. The van der Waals surface area contributed by atoms with Gasteiger partial charge in [-0.15, -0.1) is 0 Å². The number of aliphatic carboxylic acids is 1. The van der Waals surface area contributed by atoms with Gasteiger partial charge in [-0.1, -0.05) is 19.8 Å². The van der Waals surface area contributed by atoms with E-state index in [1.807, 2.05) is 0 Å². The molecule has 0 saturated heterocycles. The minimum Gasteiger partial charge on any atom is -0.481 e. The third kappa shape index (κ3) is 4.64. The summed E-state index contributed by atoms with van der Waals surface area (Å²) >= 11 is 0. The first-order valence-electron chi connectivity index (χ1n) is 6.50. The monoisotopic (exact) mass is 257 g/mol. The second-order valence-corrected chi connectivity index (χ2v) is 5.59. The van der Waals surface area contributed by atoms with Gasteiger partial charge in [0.05, 0.1) is 5.60 Å². The van der Waals surface area contributed by atoms with E-state index < -0.39 is 11.6 Å². The molecular weight excluding hydrogens is 234 g/mol. The van der Waals surface area contributed by atoms with Crippen LogP contribution in [0.5, 0.6) is 0 Å². The van der Waals surface area contributed by atoms with Gasteiger partial charge in [0.1, 0.15) is 0 Å². The minimum absolute atomic E-state index is 0.00382. The van der Waals surface area contributed by atoms with Gasteiger partial charge in [0.15, 0.2) is 0 Å². The van der Waals surface area contributed by atoms with E-state index in [0.717, 1.165) is 25.7 Å². The van der Waals surface area contributed by atoms with Crippen LogP contribution in [-0.4, -0.2) is 46.2 Å². The summed E-state index contributed by atoms with van der Waals surface area (Å²) in [5.74, 6) is -1.15. The molecule has 0 spiro atoms. The first-order valence-corrected chi connectivity index (χ1v) is 6.50. The van der Waals surface area contributed by atoms with E-state index in [4.69, 9.17) is 5.11 Å². The fourth-order valence-electron chi connectivity index (χ4n) is 2.55. The van der Waals surface area contributed by atoms with Crippen molar-refractivity contribution in [3.8, 4) is 0 Å². The number of rotatable bonds is 6. The molecule has 1 unspecified atom stereocenters. The van der Waals surface area contributed by atoms with E-state index in [9.17, 15) is 14.7 Å². The average molecular weight is 257 g/mol. The molecular formula is C13H23NO4. The van der Waals surface area contributed by atoms with Crippen LogP contribution in [0.25, 0.3) is 0 Å². The van der Waals surface area contributed by atoms with Gasteiger partial charge >= 0.3 is 5.97 Å². The van der Waals surface area contributed by atoms with Crippen molar-refractivity contribution >= 4 is 11.9 Å². The van der Waals surface area contributed by atoms with Crippen LogP contribution >= 0.6 is 0 Å². The Labute approximate surface area is 108 Å². The first kappa shape index (κ1) is 15.0. The van der Waals surface area contributed by atoms with E-state index in [-0.39, 0.29) is 24.7 Å². The molecule has 1 fully saturated rings. The van der Waals surface area contributed by atoms with Crippen LogP contribution in [0.4, 0.5) is 0 Å². The number of carbonyl (C=O) groups is 2. The summed E-state index contributed by atoms with van der Waals surface area (Å²) in [7, 11) is 1.67. The molecule has 1 aliphatic carbocycles. The third-order valence-corrected chi connectivity index (χ3v) is 3.54. The first-order chi connectivity index (χ1) is 8.32. The molecule has 0 aliphatic heterocycles. The molecule has 0 aromatic carbocycles. The molecule has 0 bridgehead atoms. The third-order valence-electron chi connectivity index (χ3n) is 3.54. The molecule has 1 aliphatic rings. The number of carbonyl (C=O) groups excluding carboxylic acids is 1. The molecule has 0 heterocycles. The van der Waals surface area contributed by atoms with Crippen LogP contribution in [0.3, 0.4) is 0 Å². The molecule has 18 heavy (non-hydrogen) atoms. The number of hydrogen-bond acceptors (Lipinski definition) is 3. The molecule has 2 N–H and O–H groups in total. The smallest absolute Gasteiger partial charge is 0.303 e. The van der Waals surface area contributed by atoms with Crippen molar-refractivity contribution in [1.82, 2.24) is 4.90 Å². The Kier molecular flexibility index (Phi) is 5.14. The highest BCUT2D eigenvalue weighted by molar-refractivity contribution is 5.77. The van der Waals surface area contributed by atoms with Crippen LogP contribution in [0.15, 0.2) is 0 Å². The maximum absolute atomic E-state index is 11.9. The van der Waals surface area contributed by atoms with Crippen LogP contribution in [-0.2, 0) is 9.59 Å². The number of carboxylic acid groups (broad SMARTS) is 1. The molecule has 5 nitrogen and oxygen atoms in total. The van der Waals surface area contributed by atoms with Crippen molar-refractivity contribution in [2.24, 2.45) is 5.92 Å². The zero-order valence-corrected chi connectivity index (χ0v) is 11.2. The molecule has 0 radical (unpaired) electrons. The van der Waals surface area contributed by atoms with Gasteiger partial charge in [0.2, 0.25) is 5.91 Å². The van der Waals surface area contributed by atoms with Gasteiger partial charge in [-0.25, -0.2) is 0 Å². The molecule has 1 saturated carbocycles. The van der Waals surface area contributed by atoms with E-state index in [1.165, 1.54) is 4.90 Å². The average Bonchev–Trinajstić information content (AvgIpc) is 2.63. The Morgan fingerprint density at radius 1 is 1.28 bits per heavy atom. The lowest BCUT2D eigenvalue weighted by Crippen LogP contribution is -2.42.